The van der Waals surface area contributed by atoms with Crippen LogP contribution in [0.1, 0.15) is 24.2 Å². The van der Waals surface area contributed by atoms with Crippen LogP contribution in [-0.2, 0) is 9.53 Å². The summed E-state index contributed by atoms with van der Waals surface area (Å²) in [5, 5.41) is 2.27. The van der Waals surface area contributed by atoms with Crippen LogP contribution in [0.3, 0.4) is 0 Å². The van der Waals surface area contributed by atoms with Crippen molar-refractivity contribution < 1.29 is 23.1 Å². The van der Waals surface area contributed by atoms with Gasteiger partial charge in [-0.3, -0.25) is 4.79 Å². The maximum Gasteiger partial charge on any atom is 0.340 e. The minimum absolute atomic E-state index is 0.184. The van der Waals surface area contributed by atoms with Crippen LogP contribution in [0.25, 0.3) is 0 Å². The molecule has 2 aromatic rings. The zero-order chi connectivity index (χ0) is 18.4. The van der Waals surface area contributed by atoms with Crippen LogP contribution in [0.2, 0.25) is 0 Å². The minimum atomic E-state index is -1.14. The second kappa shape index (κ2) is 8.62. The fourth-order valence-electron chi connectivity index (χ4n) is 2.02. The van der Waals surface area contributed by atoms with Crippen molar-refractivity contribution >= 4 is 29.3 Å². The molecule has 0 spiro atoms. The van der Waals surface area contributed by atoms with E-state index >= 15 is 0 Å². The lowest BCUT2D eigenvalue weighted by Crippen LogP contribution is -2.30. The fourth-order valence-corrected chi connectivity index (χ4v) is 2.81. The van der Waals surface area contributed by atoms with Gasteiger partial charge in [-0.05, 0) is 36.9 Å². The number of amides is 1. The quantitative estimate of drug-likeness (QED) is 0.614. The Morgan fingerprint density at radius 1 is 1.20 bits per heavy atom. The Morgan fingerprint density at radius 2 is 1.92 bits per heavy atom. The Labute approximate surface area is 148 Å². The maximum atomic E-state index is 13.6. The number of hydrogen-bond acceptors (Lipinski definition) is 4. The van der Waals surface area contributed by atoms with Gasteiger partial charge in [-0.1, -0.05) is 19.1 Å². The van der Waals surface area contributed by atoms with Crippen molar-refractivity contribution in [1.82, 2.24) is 0 Å². The van der Waals surface area contributed by atoms with Gasteiger partial charge in [0.05, 0.1) is 11.3 Å². The highest BCUT2D eigenvalue weighted by Gasteiger charge is 2.21. The molecule has 132 valence electrons. The SMILES string of the molecule is CCSc1ccccc1C(=O)O[C@@H](C)C(=O)Nc1ccc(F)cc1F. The Kier molecular flexibility index (Phi) is 6.52. The lowest BCUT2D eigenvalue weighted by molar-refractivity contribution is -0.123. The summed E-state index contributed by atoms with van der Waals surface area (Å²) in [5.74, 6) is -2.22. The van der Waals surface area contributed by atoms with Crippen molar-refractivity contribution in [3.8, 4) is 0 Å². The van der Waals surface area contributed by atoms with Crippen molar-refractivity contribution in [2.75, 3.05) is 11.1 Å². The monoisotopic (exact) mass is 365 g/mol. The highest BCUT2D eigenvalue weighted by Crippen LogP contribution is 2.23. The molecular formula is C18H17F2NO3S. The summed E-state index contributed by atoms with van der Waals surface area (Å²) in [4.78, 5) is 25.1. The molecule has 0 unspecified atom stereocenters. The average molecular weight is 365 g/mol. The summed E-state index contributed by atoms with van der Waals surface area (Å²) < 4.78 is 31.6. The van der Waals surface area contributed by atoms with Gasteiger partial charge in [0.25, 0.3) is 5.91 Å². The van der Waals surface area contributed by atoms with Gasteiger partial charge in [0.15, 0.2) is 6.10 Å². The molecule has 0 aliphatic rings. The molecule has 2 rings (SSSR count). The second-order valence-electron chi connectivity index (χ2n) is 5.09. The van der Waals surface area contributed by atoms with Gasteiger partial charge in [-0.2, -0.15) is 0 Å². The molecule has 7 heteroatoms. The molecule has 1 N–H and O–H groups in total. The van der Waals surface area contributed by atoms with E-state index in [1.165, 1.54) is 18.7 Å². The number of nitrogens with one attached hydrogen (secondary N) is 1. The molecule has 0 bridgehead atoms. The molecule has 0 aliphatic carbocycles. The van der Waals surface area contributed by atoms with Gasteiger partial charge in [-0.25, -0.2) is 13.6 Å². The predicted octanol–water partition coefficient (Wildman–Crippen LogP) is 4.26. The topological polar surface area (TPSA) is 55.4 Å². The average Bonchev–Trinajstić information content (AvgIpc) is 2.58. The Morgan fingerprint density at radius 3 is 2.60 bits per heavy atom. The van der Waals surface area contributed by atoms with E-state index in [1.54, 1.807) is 18.2 Å². The molecule has 25 heavy (non-hydrogen) atoms. The number of carbonyl (C=O) groups excluding carboxylic acids is 2. The first-order valence-corrected chi connectivity index (χ1v) is 8.59. The first-order valence-electron chi connectivity index (χ1n) is 7.61. The lowest BCUT2D eigenvalue weighted by atomic mass is 10.2. The summed E-state index contributed by atoms with van der Waals surface area (Å²) in [6.45, 7) is 3.34. The summed E-state index contributed by atoms with van der Waals surface area (Å²) in [5.41, 5.74) is 0.179. The van der Waals surface area contributed by atoms with Crippen LogP contribution in [0.15, 0.2) is 47.4 Å². The van der Waals surface area contributed by atoms with Gasteiger partial charge >= 0.3 is 5.97 Å². The molecular weight excluding hydrogens is 348 g/mol. The minimum Gasteiger partial charge on any atom is -0.449 e. The van der Waals surface area contributed by atoms with Crippen LogP contribution < -0.4 is 5.32 Å². The smallest absolute Gasteiger partial charge is 0.340 e. The van der Waals surface area contributed by atoms with Gasteiger partial charge in [0.2, 0.25) is 0 Å². The van der Waals surface area contributed by atoms with Gasteiger partial charge in [0, 0.05) is 11.0 Å². The summed E-state index contributed by atoms with van der Waals surface area (Å²) >= 11 is 1.49. The van der Waals surface area contributed by atoms with Crippen molar-refractivity contribution in [2.24, 2.45) is 0 Å². The summed E-state index contributed by atoms with van der Waals surface area (Å²) in [6, 6.07) is 9.70. The molecule has 0 radical (unpaired) electrons. The number of thioether (sulfide) groups is 1. The van der Waals surface area contributed by atoms with E-state index in [2.05, 4.69) is 5.32 Å². The number of ether oxygens (including phenoxy) is 1. The van der Waals surface area contributed by atoms with Gasteiger partial charge in [0.1, 0.15) is 11.6 Å². The number of esters is 1. The van der Waals surface area contributed by atoms with Crippen LogP contribution in [0.4, 0.5) is 14.5 Å². The van der Waals surface area contributed by atoms with E-state index in [4.69, 9.17) is 4.74 Å². The number of rotatable bonds is 6. The van der Waals surface area contributed by atoms with E-state index in [-0.39, 0.29) is 5.69 Å². The normalized spacial score (nSPS) is 11.7. The largest absolute Gasteiger partial charge is 0.449 e. The van der Waals surface area contributed by atoms with E-state index in [0.29, 0.717) is 11.6 Å². The summed E-state index contributed by atoms with van der Waals surface area (Å²) in [6.07, 6.45) is -1.14. The molecule has 0 heterocycles. The molecule has 1 amide bonds. The molecule has 1 atom stereocenters. The predicted molar refractivity (Wildman–Crippen MR) is 92.7 cm³/mol. The molecule has 0 fully saturated rings. The Balaban J connectivity index is 2.04. The highest BCUT2D eigenvalue weighted by molar-refractivity contribution is 7.99. The zero-order valence-corrected chi connectivity index (χ0v) is 14.5. The Hall–Kier alpha value is -2.41. The van der Waals surface area contributed by atoms with Crippen LogP contribution >= 0.6 is 11.8 Å². The zero-order valence-electron chi connectivity index (χ0n) is 13.7. The van der Waals surface area contributed by atoms with E-state index in [9.17, 15) is 18.4 Å². The van der Waals surface area contributed by atoms with Gasteiger partial charge < -0.3 is 10.1 Å². The first-order chi connectivity index (χ1) is 11.9. The Bertz CT molecular complexity index is 783. The molecule has 2 aromatic carbocycles. The number of benzene rings is 2. The van der Waals surface area contributed by atoms with E-state index in [1.807, 2.05) is 13.0 Å². The second-order valence-corrected chi connectivity index (χ2v) is 6.40. The van der Waals surface area contributed by atoms with E-state index < -0.39 is 29.6 Å². The van der Waals surface area contributed by atoms with Crippen molar-refractivity contribution in [3.63, 3.8) is 0 Å². The third-order valence-corrected chi connectivity index (χ3v) is 4.20. The van der Waals surface area contributed by atoms with Crippen molar-refractivity contribution in [2.45, 2.75) is 24.8 Å². The number of halogens is 2. The third kappa shape index (κ3) is 5.03. The number of hydrogen-bond donors (Lipinski definition) is 1. The third-order valence-electron chi connectivity index (χ3n) is 3.25. The standard InChI is InChI=1S/C18H17F2NO3S/c1-3-25-16-7-5-4-6-13(16)18(23)24-11(2)17(22)21-15-9-8-12(19)10-14(15)20/h4-11H,3H2,1-2H3,(H,21,22)/t11-/m0/s1. The molecule has 0 aromatic heterocycles. The summed E-state index contributed by atoms with van der Waals surface area (Å²) in [7, 11) is 0. The van der Waals surface area contributed by atoms with Crippen molar-refractivity contribution in [1.29, 1.82) is 0 Å². The molecule has 0 saturated heterocycles. The van der Waals surface area contributed by atoms with Crippen LogP contribution in [0.5, 0.6) is 0 Å². The fraction of sp³-hybridized carbons (Fsp3) is 0.222. The first kappa shape index (κ1) is 18.9. The van der Waals surface area contributed by atoms with E-state index in [0.717, 1.165) is 22.8 Å². The highest BCUT2D eigenvalue weighted by atomic mass is 32.2. The molecule has 4 nitrogen and oxygen atoms in total. The van der Waals surface area contributed by atoms with Crippen LogP contribution in [0, 0.1) is 11.6 Å². The number of anilines is 1. The molecule has 0 aliphatic heterocycles. The lowest BCUT2D eigenvalue weighted by Gasteiger charge is -2.15. The maximum absolute atomic E-state index is 13.6. The van der Waals surface area contributed by atoms with Crippen molar-refractivity contribution in [3.05, 3.63) is 59.7 Å². The van der Waals surface area contributed by atoms with Gasteiger partial charge in [-0.15, -0.1) is 11.8 Å². The number of carbonyl (C=O) groups is 2. The molecule has 0 saturated carbocycles. The van der Waals surface area contributed by atoms with Crippen LogP contribution in [-0.4, -0.2) is 23.7 Å².